The molecule has 1 aliphatic rings. The van der Waals surface area contributed by atoms with Gasteiger partial charge in [0, 0.05) is 50.4 Å². The van der Waals surface area contributed by atoms with Crippen molar-refractivity contribution in [2.45, 2.75) is 59.2 Å². The Hall–Kier alpha value is -2.64. The van der Waals surface area contributed by atoms with E-state index in [1.165, 1.54) is 4.68 Å². The van der Waals surface area contributed by atoms with Gasteiger partial charge >= 0.3 is 0 Å². The van der Waals surface area contributed by atoms with E-state index in [1.54, 1.807) is 12.1 Å². The van der Waals surface area contributed by atoms with Crippen molar-refractivity contribution in [1.29, 1.82) is 0 Å². The number of piperidine rings is 1. The summed E-state index contributed by atoms with van der Waals surface area (Å²) in [4.78, 5) is 26.2. The highest BCUT2D eigenvalue weighted by Crippen LogP contribution is 2.17. The van der Waals surface area contributed by atoms with Gasteiger partial charge in [0.05, 0.1) is 5.69 Å². The zero-order chi connectivity index (χ0) is 19.4. The van der Waals surface area contributed by atoms with E-state index in [9.17, 15) is 9.59 Å². The number of carbonyl (C=O) groups is 1. The van der Waals surface area contributed by atoms with Gasteiger partial charge in [0.2, 0.25) is 5.91 Å². The van der Waals surface area contributed by atoms with E-state index in [1.807, 2.05) is 31.5 Å². The molecule has 27 heavy (non-hydrogen) atoms. The highest BCUT2D eigenvalue weighted by Gasteiger charge is 2.22. The topological polar surface area (TPSA) is 85.1 Å². The van der Waals surface area contributed by atoms with Gasteiger partial charge in [0.1, 0.15) is 5.82 Å². The standard InChI is InChI=1S/C19H28N6O2/c1-4-24-19(27)8-7-17(22-24)23-10-5-6-16(13-23)20-18(26)9-11-25-15(3)12-14(2)21-25/h7-8,12,16H,4-6,9-11,13H2,1-3H3,(H,20,26). The maximum absolute atomic E-state index is 12.4. The van der Waals surface area contributed by atoms with E-state index in [0.29, 0.717) is 26.1 Å². The maximum Gasteiger partial charge on any atom is 0.266 e. The number of aromatic nitrogens is 4. The molecular formula is C19H28N6O2. The third-order valence-electron chi connectivity index (χ3n) is 4.92. The summed E-state index contributed by atoms with van der Waals surface area (Å²) in [6, 6.07) is 5.43. The van der Waals surface area contributed by atoms with Gasteiger partial charge in [-0.05, 0) is 45.7 Å². The molecule has 0 spiro atoms. The van der Waals surface area contributed by atoms with Gasteiger partial charge in [-0.3, -0.25) is 14.3 Å². The molecule has 2 aromatic heterocycles. The Morgan fingerprint density at radius 3 is 2.78 bits per heavy atom. The van der Waals surface area contributed by atoms with Crippen LogP contribution >= 0.6 is 0 Å². The summed E-state index contributed by atoms with van der Waals surface area (Å²) in [5.74, 6) is 0.832. The molecule has 1 N–H and O–H groups in total. The Labute approximate surface area is 159 Å². The number of carbonyl (C=O) groups excluding carboxylic acids is 1. The fraction of sp³-hybridized carbons (Fsp3) is 0.579. The molecule has 1 atom stereocenters. The lowest BCUT2D eigenvalue weighted by molar-refractivity contribution is -0.122. The molecule has 1 saturated heterocycles. The van der Waals surface area contributed by atoms with Crippen molar-refractivity contribution in [2.24, 2.45) is 0 Å². The minimum absolute atomic E-state index is 0.0425. The van der Waals surface area contributed by atoms with Crippen molar-refractivity contribution in [3.8, 4) is 0 Å². The number of nitrogens with one attached hydrogen (secondary N) is 1. The fourth-order valence-electron chi connectivity index (χ4n) is 3.54. The monoisotopic (exact) mass is 372 g/mol. The fourth-order valence-corrected chi connectivity index (χ4v) is 3.54. The van der Waals surface area contributed by atoms with Crippen LogP contribution in [-0.4, -0.2) is 44.6 Å². The molecule has 146 valence electrons. The normalized spacial score (nSPS) is 17.1. The number of aryl methyl sites for hydroxylation is 4. The molecule has 0 aromatic carbocycles. The molecule has 1 fully saturated rings. The Balaban J connectivity index is 1.55. The lowest BCUT2D eigenvalue weighted by Crippen LogP contribution is -2.48. The third kappa shape index (κ3) is 4.75. The van der Waals surface area contributed by atoms with E-state index >= 15 is 0 Å². The van der Waals surface area contributed by atoms with Crippen LogP contribution in [0.5, 0.6) is 0 Å². The predicted octanol–water partition coefficient (Wildman–Crippen LogP) is 1.25. The number of rotatable bonds is 6. The van der Waals surface area contributed by atoms with Crippen molar-refractivity contribution in [1.82, 2.24) is 24.9 Å². The highest BCUT2D eigenvalue weighted by molar-refractivity contribution is 5.76. The number of nitrogens with zero attached hydrogens (tertiary/aromatic N) is 5. The SMILES string of the molecule is CCn1nc(N2CCCC(NC(=O)CCn3nc(C)cc3C)C2)ccc1=O. The van der Waals surface area contributed by atoms with E-state index in [0.717, 1.165) is 36.6 Å². The summed E-state index contributed by atoms with van der Waals surface area (Å²) in [6.45, 7) is 8.58. The zero-order valence-electron chi connectivity index (χ0n) is 16.3. The molecule has 1 amide bonds. The Morgan fingerprint density at radius 1 is 1.26 bits per heavy atom. The van der Waals surface area contributed by atoms with Crippen molar-refractivity contribution in [3.63, 3.8) is 0 Å². The molecule has 2 aromatic rings. The maximum atomic E-state index is 12.4. The number of amides is 1. The van der Waals surface area contributed by atoms with Crippen molar-refractivity contribution < 1.29 is 4.79 Å². The van der Waals surface area contributed by atoms with E-state index in [2.05, 4.69) is 20.4 Å². The smallest absolute Gasteiger partial charge is 0.266 e. The molecule has 0 saturated carbocycles. The minimum atomic E-state index is -0.0905. The summed E-state index contributed by atoms with van der Waals surface area (Å²) in [6.07, 6.45) is 2.35. The molecule has 8 nitrogen and oxygen atoms in total. The van der Waals surface area contributed by atoms with Crippen molar-refractivity contribution in [3.05, 3.63) is 39.9 Å². The molecule has 0 radical (unpaired) electrons. The second-order valence-corrected chi connectivity index (χ2v) is 7.10. The molecule has 8 heteroatoms. The number of hydrogen-bond donors (Lipinski definition) is 1. The number of hydrogen-bond acceptors (Lipinski definition) is 5. The van der Waals surface area contributed by atoms with Crippen molar-refractivity contribution >= 4 is 11.7 Å². The molecule has 0 bridgehead atoms. The molecule has 1 aliphatic heterocycles. The van der Waals surface area contributed by atoms with Gasteiger partial charge < -0.3 is 10.2 Å². The summed E-state index contributed by atoms with van der Waals surface area (Å²) < 4.78 is 3.34. The summed E-state index contributed by atoms with van der Waals surface area (Å²) in [5.41, 5.74) is 1.95. The first-order valence-electron chi connectivity index (χ1n) is 9.60. The Morgan fingerprint density at radius 2 is 2.07 bits per heavy atom. The third-order valence-corrected chi connectivity index (χ3v) is 4.92. The van der Waals surface area contributed by atoms with E-state index in [-0.39, 0.29) is 17.5 Å². The van der Waals surface area contributed by atoms with Crippen LogP contribution in [0.15, 0.2) is 23.0 Å². The van der Waals surface area contributed by atoms with E-state index in [4.69, 9.17) is 0 Å². The lowest BCUT2D eigenvalue weighted by atomic mass is 10.1. The first kappa shape index (κ1) is 19.1. The molecule has 3 rings (SSSR count). The van der Waals surface area contributed by atoms with Crippen LogP contribution in [0.2, 0.25) is 0 Å². The number of anilines is 1. The van der Waals surface area contributed by atoms with Crippen molar-refractivity contribution in [2.75, 3.05) is 18.0 Å². The van der Waals surface area contributed by atoms with Crippen LogP contribution in [-0.2, 0) is 17.9 Å². The van der Waals surface area contributed by atoms with Gasteiger partial charge in [-0.15, -0.1) is 0 Å². The van der Waals surface area contributed by atoms with Crippen LogP contribution < -0.4 is 15.8 Å². The zero-order valence-corrected chi connectivity index (χ0v) is 16.3. The first-order chi connectivity index (χ1) is 13.0. The lowest BCUT2D eigenvalue weighted by Gasteiger charge is -2.34. The molecule has 0 aliphatic carbocycles. The van der Waals surface area contributed by atoms with Crippen LogP contribution in [0.25, 0.3) is 0 Å². The van der Waals surface area contributed by atoms with Gasteiger partial charge in [-0.25, -0.2) is 4.68 Å². The average Bonchev–Trinajstić information content (AvgIpc) is 2.98. The minimum Gasteiger partial charge on any atom is -0.353 e. The predicted molar refractivity (Wildman–Crippen MR) is 104 cm³/mol. The largest absolute Gasteiger partial charge is 0.353 e. The summed E-state index contributed by atoms with van der Waals surface area (Å²) >= 11 is 0. The average molecular weight is 372 g/mol. The second-order valence-electron chi connectivity index (χ2n) is 7.10. The van der Waals surface area contributed by atoms with Gasteiger partial charge in [0.25, 0.3) is 5.56 Å². The van der Waals surface area contributed by atoms with E-state index < -0.39 is 0 Å². The Bertz CT molecular complexity index is 856. The summed E-state index contributed by atoms with van der Waals surface area (Å²) in [5, 5.41) is 12.0. The molecular weight excluding hydrogens is 344 g/mol. The van der Waals surface area contributed by atoms with Crippen LogP contribution in [0.1, 0.15) is 37.6 Å². The first-order valence-corrected chi connectivity index (χ1v) is 9.60. The highest BCUT2D eigenvalue weighted by atomic mass is 16.1. The second kappa shape index (κ2) is 8.37. The van der Waals surface area contributed by atoms with Gasteiger partial charge in [-0.2, -0.15) is 10.2 Å². The van der Waals surface area contributed by atoms with Gasteiger partial charge in [0.15, 0.2) is 0 Å². The quantitative estimate of drug-likeness (QED) is 0.825. The molecule has 3 heterocycles. The summed E-state index contributed by atoms with van der Waals surface area (Å²) in [7, 11) is 0. The van der Waals surface area contributed by atoms with Crippen LogP contribution in [0.4, 0.5) is 5.82 Å². The van der Waals surface area contributed by atoms with Crippen LogP contribution in [0, 0.1) is 13.8 Å². The van der Waals surface area contributed by atoms with Gasteiger partial charge in [-0.1, -0.05) is 0 Å². The Kier molecular flexibility index (Phi) is 5.93. The van der Waals surface area contributed by atoms with Crippen LogP contribution in [0.3, 0.4) is 0 Å². The molecule has 1 unspecified atom stereocenters.